The third kappa shape index (κ3) is 3.18. The maximum absolute atomic E-state index is 10.8. The van der Waals surface area contributed by atoms with Crippen molar-refractivity contribution in [2.24, 2.45) is 4.99 Å². The maximum Gasteiger partial charge on any atom is 0.270 e. The molecule has 0 unspecified atom stereocenters. The number of hydrogen-bond acceptors (Lipinski definition) is 7. The van der Waals surface area contributed by atoms with Crippen LogP contribution in [0.5, 0.6) is 5.75 Å². The van der Waals surface area contributed by atoms with Gasteiger partial charge in [-0.1, -0.05) is 6.07 Å². The van der Waals surface area contributed by atoms with E-state index >= 15 is 0 Å². The van der Waals surface area contributed by atoms with Crippen LogP contribution in [0.2, 0.25) is 0 Å². The number of nitrogens with zero attached hydrogens (tertiary/aromatic N) is 6. The van der Waals surface area contributed by atoms with Gasteiger partial charge in [-0.3, -0.25) is 15.1 Å². The molecule has 1 heterocycles. The van der Waals surface area contributed by atoms with Crippen LogP contribution in [-0.2, 0) is 0 Å². The van der Waals surface area contributed by atoms with E-state index in [1.165, 1.54) is 35.4 Å². The molecule has 0 spiro atoms. The minimum atomic E-state index is -0.533. The number of tetrazole rings is 1. The van der Waals surface area contributed by atoms with Gasteiger partial charge in [0.25, 0.3) is 5.69 Å². The Morgan fingerprint density at radius 2 is 2.13 bits per heavy atom. The second-order valence-corrected chi connectivity index (χ2v) is 4.53. The molecule has 9 nitrogen and oxygen atoms in total. The number of hydrogen-bond donors (Lipinski definition) is 1. The van der Waals surface area contributed by atoms with Crippen LogP contribution in [-0.4, -0.2) is 36.5 Å². The van der Waals surface area contributed by atoms with Gasteiger partial charge in [0, 0.05) is 23.9 Å². The van der Waals surface area contributed by atoms with Gasteiger partial charge in [0.2, 0.25) is 0 Å². The van der Waals surface area contributed by atoms with Crippen molar-refractivity contribution >= 4 is 17.6 Å². The number of rotatable bonds is 4. The van der Waals surface area contributed by atoms with Gasteiger partial charge in [-0.05, 0) is 34.7 Å². The molecule has 23 heavy (non-hydrogen) atoms. The highest BCUT2D eigenvalue weighted by atomic mass is 16.6. The topological polar surface area (TPSA) is 119 Å². The Bertz CT molecular complexity index is 876. The van der Waals surface area contributed by atoms with Crippen LogP contribution < -0.4 is 0 Å². The summed E-state index contributed by atoms with van der Waals surface area (Å²) < 4.78 is 1.48. The molecule has 114 valence electrons. The van der Waals surface area contributed by atoms with Crippen molar-refractivity contribution in [3.05, 3.63) is 64.5 Å². The summed E-state index contributed by atoms with van der Waals surface area (Å²) >= 11 is 0. The predicted molar refractivity (Wildman–Crippen MR) is 81.2 cm³/mol. The van der Waals surface area contributed by atoms with Crippen molar-refractivity contribution in [1.29, 1.82) is 0 Å². The summed E-state index contributed by atoms with van der Waals surface area (Å²) in [5, 5.41) is 31.4. The number of phenols is 1. The fourth-order valence-electron chi connectivity index (χ4n) is 1.90. The van der Waals surface area contributed by atoms with E-state index in [1.54, 1.807) is 24.3 Å². The summed E-state index contributed by atoms with van der Waals surface area (Å²) in [6, 6.07) is 10.8. The molecule has 0 aliphatic carbocycles. The second kappa shape index (κ2) is 6.02. The molecule has 0 bridgehead atoms. The fourth-order valence-corrected chi connectivity index (χ4v) is 1.90. The number of nitro benzene ring substituents is 1. The van der Waals surface area contributed by atoms with Gasteiger partial charge in [-0.25, -0.2) is 4.68 Å². The van der Waals surface area contributed by atoms with Gasteiger partial charge in [-0.2, -0.15) is 0 Å². The summed E-state index contributed by atoms with van der Waals surface area (Å²) in [5.41, 5.74) is 1.44. The van der Waals surface area contributed by atoms with E-state index in [-0.39, 0.29) is 17.0 Å². The molecule has 0 aliphatic heterocycles. The Morgan fingerprint density at radius 1 is 1.26 bits per heavy atom. The second-order valence-electron chi connectivity index (χ2n) is 4.53. The van der Waals surface area contributed by atoms with E-state index in [9.17, 15) is 15.2 Å². The highest BCUT2D eigenvalue weighted by Gasteiger charge is 2.08. The molecule has 3 aromatic rings. The zero-order chi connectivity index (χ0) is 16.2. The molecule has 0 radical (unpaired) electrons. The van der Waals surface area contributed by atoms with Crippen LogP contribution in [0.15, 0.2) is 53.8 Å². The van der Waals surface area contributed by atoms with Crippen molar-refractivity contribution < 1.29 is 10.0 Å². The number of non-ortho nitro benzene ring substituents is 1. The first kappa shape index (κ1) is 14.3. The van der Waals surface area contributed by atoms with E-state index in [4.69, 9.17) is 0 Å². The Labute approximate surface area is 129 Å². The minimum absolute atomic E-state index is 0.0871. The molecular weight excluding hydrogens is 300 g/mol. The Kier molecular flexibility index (Phi) is 3.75. The summed E-state index contributed by atoms with van der Waals surface area (Å²) in [7, 11) is 0. The quantitative estimate of drug-likeness (QED) is 0.447. The van der Waals surface area contributed by atoms with Gasteiger partial charge < -0.3 is 5.11 Å². The van der Waals surface area contributed by atoms with E-state index < -0.39 is 4.92 Å². The SMILES string of the molecule is O=[N+]([O-])c1ccc(O)c(C=Nc2cccc(-n3cnnn3)c2)c1. The summed E-state index contributed by atoms with van der Waals surface area (Å²) in [6.07, 6.45) is 2.82. The minimum Gasteiger partial charge on any atom is -0.507 e. The maximum atomic E-state index is 10.8. The van der Waals surface area contributed by atoms with Crippen LogP contribution in [0, 0.1) is 10.1 Å². The number of aliphatic imine (C=N–C) groups is 1. The molecule has 2 aromatic carbocycles. The molecule has 0 saturated heterocycles. The van der Waals surface area contributed by atoms with Crippen LogP contribution in [0.4, 0.5) is 11.4 Å². The van der Waals surface area contributed by atoms with Gasteiger partial charge >= 0.3 is 0 Å². The van der Waals surface area contributed by atoms with Crippen LogP contribution in [0.1, 0.15) is 5.56 Å². The fraction of sp³-hybridized carbons (Fsp3) is 0. The average Bonchev–Trinajstić information content (AvgIpc) is 3.08. The lowest BCUT2D eigenvalue weighted by atomic mass is 10.2. The normalized spacial score (nSPS) is 11.0. The third-order valence-electron chi connectivity index (χ3n) is 3.02. The molecule has 0 saturated carbocycles. The zero-order valence-electron chi connectivity index (χ0n) is 11.6. The number of nitro groups is 1. The molecule has 0 amide bonds. The van der Waals surface area contributed by atoms with Crippen molar-refractivity contribution in [1.82, 2.24) is 20.2 Å². The third-order valence-corrected chi connectivity index (χ3v) is 3.02. The smallest absolute Gasteiger partial charge is 0.270 e. The molecule has 1 aromatic heterocycles. The summed E-state index contributed by atoms with van der Waals surface area (Å²) in [6.45, 7) is 0. The van der Waals surface area contributed by atoms with Crippen molar-refractivity contribution in [2.75, 3.05) is 0 Å². The highest BCUT2D eigenvalue weighted by Crippen LogP contribution is 2.23. The lowest BCUT2D eigenvalue weighted by Gasteiger charge is -2.01. The molecule has 1 N–H and O–H groups in total. The van der Waals surface area contributed by atoms with Crippen LogP contribution >= 0.6 is 0 Å². The predicted octanol–water partition coefficient (Wildman–Crippen LogP) is 2.03. The lowest BCUT2D eigenvalue weighted by Crippen LogP contribution is -1.94. The monoisotopic (exact) mass is 310 g/mol. The Morgan fingerprint density at radius 3 is 2.87 bits per heavy atom. The molecule has 9 heteroatoms. The number of aromatic nitrogens is 4. The van der Waals surface area contributed by atoms with Crippen LogP contribution in [0.25, 0.3) is 5.69 Å². The number of phenolic OH excluding ortho intramolecular Hbond substituents is 1. The zero-order valence-corrected chi connectivity index (χ0v) is 11.6. The highest BCUT2D eigenvalue weighted by molar-refractivity contribution is 5.86. The van der Waals surface area contributed by atoms with E-state index in [0.717, 1.165) is 0 Å². The lowest BCUT2D eigenvalue weighted by molar-refractivity contribution is -0.384. The average molecular weight is 310 g/mol. The summed E-state index contributed by atoms with van der Waals surface area (Å²) in [4.78, 5) is 14.5. The van der Waals surface area contributed by atoms with E-state index in [0.29, 0.717) is 11.4 Å². The van der Waals surface area contributed by atoms with Crippen LogP contribution in [0.3, 0.4) is 0 Å². The number of benzene rings is 2. The van der Waals surface area contributed by atoms with Gasteiger partial charge in [0.05, 0.1) is 16.3 Å². The molecule has 0 aliphatic rings. The van der Waals surface area contributed by atoms with Crippen molar-refractivity contribution in [2.45, 2.75) is 0 Å². The first-order valence-corrected chi connectivity index (χ1v) is 6.48. The Hall–Kier alpha value is -3.62. The number of aromatic hydroxyl groups is 1. The van der Waals surface area contributed by atoms with Gasteiger partial charge in [-0.15, -0.1) is 5.10 Å². The van der Waals surface area contributed by atoms with Crippen molar-refractivity contribution in [3.63, 3.8) is 0 Å². The first-order valence-electron chi connectivity index (χ1n) is 6.48. The largest absolute Gasteiger partial charge is 0.507 e. The van der Waals surface area contributed by atoms with Crippen molar-refractivity contribution in [3.8, 4) is 11.4 Å². The molecular formula is C14H10N6O3. The standard InChI is InChI=1S/C14H10N6O3/c21-14-5-4-13(20(22)23)6-10(14)8-15-11-2-1-3-12(7-11)19-9-16-17-18-19/h1-9,21H. The Balaban J connectivity index is 1.90. The molecule has 3 rings (SSSR count). The van der Waals surface area contributed by atoms with Gasteiger partial charge in [0.1, 0.15) is 12.1 Å². The van der Waals surface area contributed by atoms with Gasteiger partial charge in [0.15, 0.2) is 0 Å². The van der Waals surface area contributed by atoms with E-state index in [1.807, 2.05) is 0 Å². The molecule has 0 fully saturated rings. The first-order chi connectivity index (χ1) is 11.1. The molecule has 0 atom stereocenters. The summed E-state index contributed by atoms with van der Waals surface area (Å²) in [5.74, 6) is -0.0871. The van der Waals surface area contributed by atoms with E-state index in [2.05, 4.69) is 20.5 Å².